The highest BCUT2D eigenvalue weighted by Gasteiger charge is 2.43. The summed E-state index contributed by atoms with van der Waals surface area (Å²) in [6.07, 6.45) is 2.60. The first-order valence-corrected chi connectivity index (χ1v) is 8.54. The number of carbonyl (C=O) groups is 3. The van der Waals surface area contributed by atoms with Crippen molar-refractivity contribution in [1.29, 1.82) is 0 Å². The van der Waals surface area contributed by atoms with Crippen LogP contribution in [0.4, 0.5) is 5.69 Å². The van der Waals surface area contributed by atoms with E-state index in [0.29, 0.717) is 42.8 Å². The largest absolute Gasteiger partial charge is 0.482 e. The van der Waals surface area contributed by atoms with Crippen molar-refractivity contribution >= 4 is 23.5 Å². The lowest BCUT2D eigenvalue weighted by atomic mass is 9.76. The third-order valence-corrected chi connectivity index (χ3v) is 4.91. The molecule has 1 atom stereocenters. The van der Waals surface area contributed by atoms with Crippen LogP contribution in [0.2, 0.25) is 0 Å². The molecule has 3 rings (SSSR count). The number of fused-ring (bicyclic) bond motifs is 1. The van der Waals surface area contributed by atoms with Crippen LogP contribution in [0.15, 0.2) is 18.2 Å². The lowest BCUT2D eigenvalue weighted by molar-refractivity contribution is -0.152. The van der Waals surface area contributed by atoms with Crippen LogP contribution in [0.5, 0.6) is 5.75 Å². The number of carboxylic acid groups (broad SMARTS) is 1. The van der Waals surface area contributed by atoms with Crippen molar-refractivity contribution in [3.05, 3.63) is 23.8 Å². The third-order valence-electron chi connectivity index (χ3n) is 4.91. The van der Waals surface area contributed by atoms with Gasteiger partial charge in [0.2, 0.25) is 0 Å². The zero-order valence-corrected chi connectivity index (χ0v) is 14.2. The van der Waals surface area contributed by atoms with Crippen LogP contribution < -0.4 is 10.1 Å². The van der Waals surface area contributed by atoms with Gasteiger partial charge in [0.1, 0.15) is 5.75 Å². The molecule has 2 heterocycles. The average Bonchev–Trinajstić information content (AvgIpc) is 2.61. The quantitative estimate of drug-likeness (QED) is 0.871. The summed E-state index contributed by atoms with van der Waals surface area (Å²) in [5, 5.41) is 12.4. The third kappa shape index (κ3) is 3.31. The molecule has 7 heteroatoms. The summed E-state index contributed by atoms with van der Waals surface area (Å²) in [4.78, 5) is 37.6. The molecule has 2 N–H and O–H groups in total. The number of nitrogens with zero attached hydrogens (tertiary/aromatic N) is 1. The molecule has 1 unspecified atom stereocenters. The number of rotatable bonds is 4. The molecular formula is C18H22N2O5. The Morgan fingerprint density at radius 2 is 2.20 bits per heavy atom. The van der Waals surface area contributed by atoms with Crippen molar-refractivity contribution in [2.75, 3.05) is 25.0 Å². The van der Waals surface area contributed by atoms with Gasteiger partial charge in [-0.25, -0.2) is 0 Å². The first kappa shape index (κ1) is 17.3. The second-order valence-corrected chi connectivity index (χ2v) is 6.71. The summed E-state index contributed by atoms with van der Waals surface area (Å²) in [6, 6.07) is 4.88. The lowest BCUT2D eigenvalue weighted by Gasteiger charge is -2.40. The van der Waals surface area contributed by atoms with E-state index in [1.54, 1.807) is 23.1 Å². The fourth-order valence-electron chi connectivity index (χ4n) is 3.66. The number of amides is 2. The Kier molecular flexibility index (Phi) is 4.65. The standard InChI is InChI=1S/C18H22N2O5/c1-2-6-18(17(23)24)7-3-8-20(11-18)16(22)12-4-5-13-14(9-12)25-10-15(21)19-13/h4-5,9H,2-3,6-8,10-11H2,1H3,(H,19,21)(H,23,24). The number of likely N-dealkylation sites (tertiary alicyclic amines) is 1. The molecule has 2 amide bonds. The van der Waals surface area contributed by atoms with E-state index in [0.717, 1.165) is 6.42 Å². The summed E-state index contributed by atoms with van der Waals surface area (Å²) in [6.45, 7) is 2.66. The van der Waals surface area contributed by atoms with Gasteiger partial charge < -0.3 is 20.1 Å². The van der Waals surface area contributed by atoms with Gasteiger partial charge in [0.25, 0.3) is 11.8 Å². The number of hydrogen-bond donors (Lipinski definition) is 2. The minimum absolute atomic E-state index is 0.0764. The summed E-state index contributed by atoms with van der Waals surface area (Å²) in [5.74, 6) is -0.804. The van der Waals surface area contributed by atoms with E-state index in [9.17, 15) is 19.5 Å². The SMILES string of the molecule is CCCC1(C(=O)O)CCCN(C(=O)c2ccc3c(c2)OCC(=O)N3)C1. The molecule has 0 bridgehead atoms. The molecule has 25 heavy (non-hydrogen) atoms. The van der Waals surface area contributed by atoms with E-state index in [2.05, 4.69) is 5.32 Å². The Labute approximate surface area is 146 Å². The van der Waals surface area contributed by atoms with Crippen molar-refractivity contribution in [2.24, 2.45) is 5.41 Å². The molecule has 0 saturated carbocycles. The van der Waals surface area contributed by atoms with Crippen LogP contribution in [0.3, 0.4) is 0 Å². The van der Waals surface area contributed by atoms with E-state index in [1.807, 2.05) is 6.92 Å². The predicted molar refractivity (Wildman–Crippen MR) is 90.7 cm³/mol. The molecule has 1 aromatic carbocycles. The van der Waals surface area contributed by atoms with Gasteiger partial charge in [-0.2, -0.15) is 0 Å². The molecule has 2 aliphatic rings. The van der Waals surface area contributed by atoms with Crippen LogP contribution in [0, 0.1) is 5.41 Å². The predicted octanol–water partition coefficient (Wildman–Crippen LogP) is 2.12. The first-order chi connectivity index (χ1) is 11.9. The molecule has 134 valence electrons. The molecular weight excluding hydrogens is 324 g/mol. The number of nitrogens with one attached hydrogen (secondary N) is 1. The fraction of sp³-hybridized carbons (Fsp3) is 0.500. The molecule has 1 aromatic rings. The molecule has 7 nitrogen and oxygen atoms in total. The molecule has 0 radical (unpaired) electrons. The minimum Gasteiger partial charge on any atom is -0.482 e. The number of anilines is 1. The van der Waals surface area contributed by atoms with Crippen molar-refractivity contribution in [1.82, 2.24) is 4.90 Å². The number of piperidine rings is 1. The number of carboxylic acids is 1. The lowest BCUT2D eigenvalue weighted by Crippen LogP contribution is -2.49. The number of hydrogen-bond acceptors (Lipinski definition) is 4. The van der Waals surface area contributed by atoms with Gasteiger partial charge in [-0.3, -0.25) is 14.4 Å². The number of benzene rings is 1. The van der Waals surface area contributed by atoms with Gasteiger partial charge in [-0.1, -0.05) is 13.3 Å². The maximum atomic E-state index is 12.9. The van der Waals surface area contributed by atoms with Gasteiger partial charge in [-0.15, -0.1) is 0 Å². The van der Waals surface area contributed by atoms with Crippen molar-refractivity contribution in [2.45, 2.75) is 32.6 Å². The first-order valence-electron chi connectivity index (χ1n) is 8.54. The molecule has 2 aliphatic heterocycles. The van der Waals surface area contributed by atoms with Gasteiger partial charge in [-0.05, 0) is 37.5 Å². The van der Waals surface area contributed by atoms with Crippen molar-refractivity contribution in [3.63, 3.8) is 0 Å². The van der Waals surface area contributed by atoms with Gasteiger partial charge in [0, 0.05) is 18.7 Å². The van der Waals surface area contributed by atoms with Crippen LogP contribution in [0.1, 0.15) is 43.0 Å². The monoisotopic (exact) mass is 346 g/mol. The topological polar surface area (TPSA) is 95.9 Å². The molecule has 0 aromatic heterocycles. The normalized spacial score (nSPS) is 22.6. The Balaban J connectivity index is 1.81. The van der Waals surface area contributed by atoms with Crippen molar-refractivity contribution < 1.29 is 24.2 Å². The van der Waals surface area contributed by atoms with Crippen LogP contribution in [-0.4, -0.2) is 47.5 Å². The summed E-state index contributed by atoms with van der Waals surface area (Å²) < 4.78 is 5.35. The summed E-state index contributed by atoms with van der Waals surface area (Å²) >= 11 is 0. The smallest absolute Gasteiger partial charge is 0.311 e. The van der Waals surface area contributed by atoms with E-state index in [4.69, 9.17) is 4.74 Å². The average molecular weight is 346 g/mol. The van der Waals surface area contributed by atoms with Gasteiger partial charge in [0.15, 0.2) is 6.61 Å². The Morgan fingerprint density at radius 3 is 2.92 bits per heavy atom. The Morgan fingerprint density at radius 1 is 1.40 bits per heavy atom. The zero-order valence-electron chi connectivity index (χ0n) is 14.2. The Bertz CT molecular complexity index is 713. The maximum absolute atomic E-state index is 12.9. The molecule has 0 spiro atoms. The van der Waals surface area contributed by atoms with E-state index < -0.39 is 11.4 Å². The van der Waals surface area contributed by atoms with Crippen LogP contribution in [0.25, 0.3) is 0 Å². The number of aliphatic carboxylic acids is 1. The van der Waals surface area contributed by atoms with Gasteiger partial charge in [0.05, 0.1) is 11.1 Å². The van der Waals surface area contributed by atoms with E-state index in [1.165, 1.54) is 0 Å². The number of carbonyl (C=O) groups excluding carboxylic acids is 2. The highest BCUT2D eigenvalue weighted by atomic mass is 16.5. The summed E-state index contributed by atoms with van der Waals surface area (Å²) in [5.41, 5.74) is 0.117. The van der Waals surface area contributed by atoms with Gasteiger partial charge >= 0.3 is 5.97 Å². The number of ether oxygens (including phenoxy) is 1. The highest BCUT2D eigenvalue weighted by molar-refractivity contribution is 5.99. The second kappa shape index (κ2) is 6.74. The van der Waals surface area contributed by atoms with Crippen LogP contribution in [-0.2, 0) is 9.59 Å². The highest BCUT2D eigenvalue weighted by Crippen LogP contribution is 2.36. The second-order valence-electron chi connectivity index (χ2n) is 6.71. The van der Waals surface area contributed by atoms with Crippen LogP contribution >= 0.6 is 0 Å². The van der Waals surface area contributed by atoms with E-state index in [-0.39, 0.29) is 25.0 Å². The summed E-state index contributed by atoms with van der Waals surface area (Å²) in [7, 11) is 0. The van der Waals surface area contributed by atoms with E-state index >= 15 is 0 Å². The molecule has 1 fully saturated rings. The minimum atomic E-state index is -0.860. The fourth-order valence-corrected chi connectivity index (χ4v) is 3.66. The van der Waals surface area contributed by atoms with Crippen molar-refractivity contribution in [3.8, 4) is 5.75 Å². The molecule has 0 aliphatic carbocycles. The maximum Gasteiger partial charge on any atom is 0.311 e. The Hall–Kier alpha value is -2.57. The molecule has 1 saturated heterocycles. The zero-order chi connectivity index (χ0) is 18.0.